The molecule has 0 aliphatic heterocycles. The highest BCUT2D eigenvalue weighted by Gasteiger charge is 1.95. The van der Waals surface area contributed by atoms with Crippen molar-refractivity contribution >= 4 is 27.5 Å². The van der Waals surface area contributed by atoms with E-state index < -0.39 is 0 Å². The van der Waals surface area contributed by atoms with E-state index in [1.807, 2.05) is 27.9 Å². The van der Waals surface area contributed by atoms with Crippen LogP contribution in [0.1, 0.15) is 0 Å². The standard InChI is InChI=1S/C6H4N3.Al.2H/c1-2-4-6-5(3-1)7-9-8-6;;;/h1-4H;;;/q-1;+1;;. The normalized spacial score (nSPS) is 10.4. The topological polar surface area (TPSA) is 30.7 Å². The molecule has 0 amide bonds. The molecule has 0 unspecified atom stereocenters. The van der Waals surface area contributed by atoms with Crippen LogP contribution in [0, 0.1) is 0 Å². The van der Waals surface area contributed by atoms with Gasteiger partial charge < -0.3 is 3.67 Å². The Morgan fingerprint density at radius 2 is 2.10 bits per heavy atom. The number of hydrogen-bond donors (Lipinski definition) is 0. The van der Waals surface area contributed by atoms with Crippen molar-refractivity contribution in [3.05, 3.63) is 24.3 Å². The summed E-state index contributed by atoms with van der Waals surface area (Å²) >= 11 is 0.902. The van der Waals surface area contributed by atoms with E-state index in [-0.39, 0.29) is 0 Å². The van der Waals surface area contributed by atoms with Gasteiger partial charge in [0.15, 0.2) is 0 Å². The lowest BCUT2D eigenvalue weighted by atomic mass is 10.3. The molecule has 0 N–H and O–H groups in total. The predicted octanol–water partition coefficient (Wildman–Crippen LogP) is -0.173. The lowest BCUT2D eigenvalue weighted by molar-refractivity contribution is 0.898. The molecular formula is C6H6AlN3. The third kappa shape index (κ3) is 0.738. The van der Waals surface area contributed by atoms with Gasteiger partial charge >= 0.3 is 16.5 Å². The summed E-state index contributed by atoms with van der Waals surface area (Å²) in [4.78, 5) is 0. The molecule has 0 fully saturated rings. The number of rotatable bonds is 0. The minimum absolute atomic E-state index is 0.902. The van der Waals surface area contributed by atoms with Gasteiger partial charge in [0.25, 0.3) is 0 Å². The van der Waals surface area contributed by atoms with Crippen molar-refractivity contribution in [1.29, 1.82) is 0 Å². The van der Waals surface area contributed by atoms with Gasteiger partial charge in [-0.25, -0.2) is 0 Å². The fourth-order valence-corrected chi connectivity index (χ4v) is 1.45. The third-order valence-corrected chi connectivity index (χ3v) is 2.18. The second kappa shape index (κ2) is 2.08. The second-order valence-corrected chi connectivity index (χ2v) is 3.05. The SMILES string of the molecule is [AlH2][n]1nnc2ccccc21. The number of para-hydroxylation sites is 1. The smallest absolute Gasteiger partial charge is 0.349 e. The largest absolute Gasteiger partial charge is 0.401 e. The van der Waals surface area contributed by atoms with E-state index in [0.29, 0.717) is 0 Å². The van der Waals surface area contributed by atoms with Crippen LogP contribution in [0.2, 0.25) is 0 Å². The van der Waals surface area contributed by atoms with Crippen molar-refractivity contribution < 1.29 is 0 Å². The van der Waals surface area contributed by atoms with Crippen molar-refractivity contribution in [1.82, 2.24) is 14.0 Å². The molecule has 0 saturated heterocycles. The van der Waals surface area contributed by atoms with Crippen molar-refractivity contribution in [2.24, 2.45) is 0 Å². The van der Waals surface area contributed by atoms with Gasteiger partial charge in [-0.05, 0) is 12.1 Å². The van der Waals surface area contributed by atoms with Crippen LogP contribution in [0.5, 0.6) is 0 Å². The van der Waals surface area contributed by atoms with Gasteiger partial charge in [-0.1, -0.05) is 17.3 Å². The molecule has 2 aromatic rings. The maximum atomic E-state index is 3.97. The molecule has 10 heavy (non-hydrogen) atoms. The third-order valence-electron chi connectivity index (χ3n) is 1.52. The molecule has 0 radical (unpaired) electrons. The zero-order valence-electron chi connectivity index (χ0n) is 5.65. The fourth-order valence-electron chi connectivity index (χ4n) is 0.986. The molecule has 1 aromatic carbocycles. The van der Waals surface area contributed by atoms with E-state index >= 15 is 0 Å². The molecule has 48 valence electrons. The van der Waals surface area contributed by atoms with Crippen LogP contribution in [-0.2, 0) is 0 Å². The number of nitrogens with zero attached hydrogens (tertiary/aromatic N) is 3. The first-order valence-electron chi connectivity index (χ1n) is 3.12. The summed E-state index contributed by atoms with van der Waals surface area (Å²) in [5.41, 5.74) is 2.12. The summed E-state index contributed by atoms with van der Waals surface area (Å²) in [7, 11) is 0. The Labute approximate surface area is 66.3 Å². The molecule has 1 heterocycles. The molecule has 4 heteroatoms. The van der Waals surface area contributed by atoms with E-state index in [9.17, 15) is 0 Å². The van der Waals surface area contributed by atoms with E-state index in [2.05, 4.69) is 10.3 Å². The number of aromatic nitrogens is 3. The van der Waals surface area contributed by atoms with Gasteiger partial charge in [-0.3, -0.25) is 0 Å². The predicted molar refractivity (Wildman–Crippen MR) is 41.5 cm³/mol. The Morgan fingerprint density at radius 1 is 1.30 bits per heavy atom. The highest BCUT2D eigenvalue weighted by Crippen LogP contribution is 2.06. The van der Waals surface area contributed by atoms with Gasteiger partial charge in [0.05, 0.1) is 5.52 Å². The van der Waals surface area contributed by atoms with E-state index in [4.69, 9.17) is 0 Å². The lowest BCUT2D eigenvalue weighted by Crippen LogP contribution is -1.92. The maximum absolute atomic E-state index is 3.97. The first-order chi connectivity index (χ1) is 4.88. The van der Waals surface area contributed by atoms with Crippen LogP contribution < -0.4 is 0 Å². The first kappa shape index (κ1) is 5.90. The number of benzene rings is 1. The zero-order valence-corrected chi connectivity index (χ0v) is 7.65. The van der Waals surface area contributed by atoms with Gasteiger partial charge in [-0.15, -0.1) is 5.10 Å². The maximum Gasteiger partial charge on any atom is 0.401 e. The zero-order chi connectivity index (χ0) is 6.97. The molecule has 0 spiro atoms. The molecule has 0 atom stereocenters. The second-order valence-electron chi connectivity index (χ2n) is 2.20. The summed E-state index contributed by atoms with van der Waals surface area (Å²) in [5.74, 6) is 0. The lowest BCUT2D eigenvalue weighted by Gasteiger charge is -1.88. The Kier molecular flexibility index (Phi) is 1.23. The molecule has 0 bridgehead atoms. The summed E-state index contributed by atoms with van der Waals surface area (Å²) in [6, 6.07) is 7.97. The van der Waals surface area contributed by atoms with E-state index in [1.54, 1.807) is 0 Å². The molecular weight excluding hydrogens is 141 g/mol. The Balaban J connectivity index is 2.93. The van der Waals surface area contributed by atoms with E-state index in [1.165, 1.54) is 0 Å². The van der Waals surface area contributed by atoms with Crippen molar-refractivity contribution in [3.8, 4) is 0 Å². The van der Waals surface area contributed by atoms with Gasteiger partial charge in [0.2, 0.25) is 0 Å². The summed E-state index contributed by atoms with van der Waals surface area (Å²) in [6.45, 7) is 0. The highest BCUT2D eigenvalue weighted by molar-refractivity contribution is 6.09. The molecule has 1 aromatic heterocycles. The van der Waals surface area contributed by atoms with Crippen LogP contribution in [-0.4, -0.2) is 30.5 Å². The molecule has 0 aliphatic rings. The average molecular weight is 147 g/mol. The van der Waals surface area contributed by atoms with Crippen molar-refractivity contribution in [3.63, 3.8) is 0 Å². The number of hydrogen-bond acceptors (Lipinski definition) is 2. The molecule has 0 aliphatic carbocycles. The van der Waals surface area contributed by atoms with E-state index in [0.717, 1.165) is 27.5 Å². The fraction of sp³-hybridized carbons (Fsp3) is 0. The summed E-state index contributed by atoms with van der Waals surface area (Å²) in [5, 5.41) is 7.89. The van der Waals surface area contributed by atoms with Gasteiger partial charge in [0, 0.05) is 0 Å². The Morgan fingerprint density at radius 3 is 2.90 bits per heavy atom. The van der Waals surface area contributed by atoms with Crippen LogP contribution in [0.4, 0.5) is 0 Å². The molecule has 2 rings (SSSR count). The molecule has 3 nitrogen and oxygen atoms in total. The minimum Gasteiger partial charge on any atom is -0.349 e. The Bertz CT molecular complexity index is 355. The van der Waals surface area contributed by atoms with Crippen LogP contribution in [0.25, 0.3) is 11.0 Å². The Hall–Kier alpha value is -0.848. The average Bonchev–Trinajstić information content (AvgIpc) is 2.34. The van der Waals surface area contributed by atoms with Gasteiger partial charge in [0.1, 0.15) is 5.52 Å². The summed E-state index contributed by atoms with van der Waals surface area (Å²) < 4.78 is 1.90. The number of fused-ring (bicyclic) bond motifs is 1. The highest BCUT2D eigenvalue weighted by atomic mass is 27.1. The van der Waals surface area contributed by atoms with Crippen LogP contribution in [0.15, 0.2) is 24.3 Å². The monoisotopic (exact) mass is 147 g/mol. The minimum atomic E-state index is 0.902. The van der Waals surface area contributed by atoms with Crippen LogP contribution in [0.3, 0.4) is 0 Å². The summed E-state index contributed by atoms with van der Waals surface area (Å²) in [6.07, 6.45) is 0. The van der Waals surface area contributed by atoms with Crippen molar-refractivity contribution in [2.45, 2.75) is 0 Å². The van der Waals surface area contributed by atoms with Crippen molar-refractivity contribution in [2.75, 3.05) is 0 Å². The first-order valence-corrected chi connectivity index (χ1v) is 4.02. The van der Waals surface area contributed by atoms with Gasteiger partial charge in [-0.2, -0.15) is 0 Å². The quantitative estimate of drug-likeness (QED) is 0.484. The van der Waals surface area contributed by atoms with Crippen LogP contribution >= 0.6 is 0 Å². The molecule has 0 saturated carbocycles.